The Balaban J connectivity index is 1.56. The summed E-state index contributed by atoms with van der Waals surface area (Å²) in [6, 6.07) is 5.46. The fraction of sp³-hybridized carbons (Fsp3) is 0.304. The van der Waals surface area contributed by atoms with Crippen molar-refractivity contribution in [3.8, 4) is 11.1 Å². The van der Waals surface area contributed by atoms with Crippen molar-refractivity contribution in [2.45, 2.75) is 38.7 Å². The zero-order valence-corrected chi connectivity index (χ0v) is 17.5. The third-order valence-electron chi connectivity index (χ3n) is 5.90. The Labute approximate surface area is 182 Å². The molecule has 0 saturated heterocycles. The molecule has 164 valence electrons. The van der Waals surface area contributed by atoms with Crippen molar-refractivity contribution < 1.29 is 18.7 Å². The van der Waals surface area contributed by atoms with Gasteiger partial charge in [0.1, 0.15) is 17.4 Å². The summed E-state index contributed by atoms with van der Waals surface area (Å²) < 4.78 is 28.2. The van der Waals surface area contributed by atoms with Gasteiger partial charge in [0, 0.05) is 53.8 Å². The van der Waals surface area contributed by atoms with Crippen molar-refractivity contribution in [1.82, 2.24) is 19.4 Å². The summed E-state index contributed by atoms with van der Waals surface area (Å²) in [7, 11) is 0. The maximum atomic E-state index is 13.2. The van der Waals surface area contributed by atoms with Crippen LogP contribution in [0, 0.1) is 12.8 Å². The van der Waals surface area contributed by atoms with Gasteiger partial charge in [-0.2, -0.15) is 0 Å². The number of carbonyl (C=O) groups is 1. The lowest BCUT2D eigenvalue weighted by atomic mass is 10.0. The van der Waals surface area contributed by atoms with E-state index < -0.39 is 30.3 Å². The van der Waals surface area contributed by atoms with Crippen molar-refractivity contribution in [2.24, 2.45) is 5.92 Å². The van der Waals surface area contributed by atoms with E-state index in [9.17, 15) is 18.7 Å². The van der Waals surface area contributed by atoms with Crippen LogP contribution in [0.15, 0.2) is 43.0 Å². The van der Waals surface area contributed by atoms with Crippen LogP contribution in [-0.2, 0) is 4.79 Å². The van der Waals surface area contributed by atoms with Gasteiger partial charge in [-0.1, -0.05) is 6.92 Å². The molecular weight excluding hydrogens is 416 g/mol. The molecule has 7 nitrogen and oxygen atoms in total. The molecule has 0 bridgehead atoms. The van der Waals surface area contributed by atoms with E-state index in [4.69, 9.17) is 0 Å². The molecule has 0 aliphatic heterocycles. The molecular formula is C23H21F2N5O2. The smallest absolute Gasteiger partial charge is 0.260 e. The van der Waals surface area contributed by atoms with E-state index in [0.29, 0.717) is 17.8 Å². The van der Waals surface area contributed by atoms with Crippen LogP contribution in [0.1, 0.15) is 37.1 Å². The van der Waals surface area contributed by atoms with Crippen molar-refractivity contribution in [3.05, 3.63) is 54.2 Å². The van der Waals surface area contributed by atoms with Crippen LogP contribution in [0.4, 0.5) is 14.6 Å². The van der Waals surface area contributed by atoms with Gasteiger partial charge in [0.25, 0.3) is 5.92 Å². The molecule has 4 aromatic rings. The van der Waals surface area contributed by atoms with Crippen LogP contribution in [0.2, 0.25) is 0 Å². The number of aromatic nitrogens is 4. The van der Waals surface area contributed by atoms with E-state index in [0.717, 1.165) is 27.6 Å². The van der Waals surface area contributed by atoms with Gasteiger partial charge in [-0.3, -0.25) is 14.2 Å². The fourth-order valence-electron chi connectivity index (χ4n) is 3.92. The fourth-order valence-corrected chi connectivity index (χ4v) is 3.92. The number of amides is 1. The molecule has 5 rings (SSSR count). The Hall–Kier alpha value is -3.46. The number of aliphatic hydroxyl groups excluding tert-OH is 1. The first-order valence-corrected chi connectivity index (χ1v) is 10.4. The molecule has 4 aromatic heterocycles. The number of imidazole rings is 1. The van der Waals surface area contributed by atoms with Gasteiger partial charge < -0.3 is 10.4 Å². The Bertz CT molecular complexity index is 1370. The number of alkyl halides is 2. The van der Waals surface area contributed by atoms with Gasteiger partial charge in [0.05, 0.1) is 17.3 Å². The first-order valence-electron chi connectivity index (χ1n) is 10.4. The number of fused-ring (bicyclic) bond motifs is 3. The summed E-state index contributed by atoms with van der Waals surface area (Å²) >= 11 is 0. The molecule has 1 unspecified atom stereocenters. The lowest BCUT2D eigenvalue weighted by molar-refractivity contribution is -0.119. The number of hydrogen-bond donors (Lipinski definition) is 2. The summed E-state index contributed by atoms with van der Waals surface area (Å²) in [6.07, 6.45) is 6.32. The zero-order valence-electron chi connectivity index (χ0n) is 17.5. The highest BCUT2D eigenvalue weighted by atomic mass is 19.3. The number of carbonyl (C=O) groups excluding carboxylic acids is 1. The molecule has 9 heteroatoms. The molecule has 4 heterocycles. The molecule has 0 radical (unpaired) electrons. The summed E-state index contributed by atoms with van der Waals surface area (Å²) in [6.45, 7) is 3.85. The Morgan fingerprint density at radius 1 is 1.25 bits per heavy atom. The number of halogens is 2. The number of anilines is 1. The first-order chi connectivity index (χ1) is 15.3. The predicted octanol–water partition coefficient (Wildman–Crippen LogP) is 4.29. The lowest BCUT2D eigenvalue weighted by Crippen LogP contribution is -2.18. The predicted molar refractivity (Wildman–Crippen MR) is 115 cm³/mol. The highest BCUT2D eigenvalue weighted by molar-refractivity contribution is 5.97. The third kappa shape index (κ3) is 3.38. The molecule has 1 amide bonds. The zero-order chi connectivity index (χ0) is 22.6. The number of aryl methyl sites for hydroxylation is 1. The highest BCUT2D eigenvalue weighted by Crippen LogP contribution is 2.49. The van der Waals surface area contributed by atoms with Crippen LogP contribution in [0.3, 0.4) is 0 Å². The van der Waals surface area contributed by atoms with E-state index in [1.165, 1.54) is 0 Å². The maximum Gasteiger partial charge on any atom is 0.260 e. The molecule has 1 aliphatic carbocycles. The SMILES string of the molecule is CC[C@H](O)c1cc(C)c(-c2cc3cnc(NC(=O)C4CC4(F)F)cc3n3ccnc23)cn1. The monoisotopic (exact) mass is 437 g/mol. The van der Waals surface area contributed by atoms with Gasteiger partial charge in [-0.15, -0.1) is 0 Å². The minimum atomic E-state index is -2.93. The molecule has 0 aromatic carbocycles. The van der Waals surface area contributed by atoms with Gasteiger partial charge in [0.15, 0.2) is 0 Å². The van der Waals surface area contributed by atoms with Gasteiger partial charge in [-0.25, -0.2) is 18.7 Å². The number of hydrogen-bond acceptors (Lipinski definition) is 5. The van der Waals surface area contributed by atoms with Crippen molar-refractivity contribution in [3.63, 3.8) is 0 Å². The molecule has 1 aliphatic rings. The quantitative estimate of drug-likeness (QED) is 0.486. The summed E-state index contributed by atoms with van der Waals surface area (Å²) in [4.78, 5) is 25.2. The van der Waals surface area contributed by atoms with E-state index in [2.05, 4.69) is 20.3 Å². The highest BCUT2D eigenvalue weighted by Gasteiger charge is 2.61. The second-order valence-corrected chi connectivity index (χ2v) is 8.16. The average molecular weight is 437 g/mol. The van der Waals surface area contributed by atoms with Crippen molar-refractivity contribution in [2.75, 3.05) is 5.32 Å². The largest absolute Gasteiger partial charge is 0.387 e. The lowest BCUT2D eigenvalue weighted by Gasteiger charge is -2.14. The molecule has 32 heavy (non-hydrogen) atoms. The van der Waals surface area contributed by atoms with Crippen LogP contribution >= 0.6 is 0 Å². The molecule has 1 fully saturated rings. The van der Waals surface area contributed by atoms with E-state index in [1.54, 1.807) is 30.9 Å². The van der Waals surface area contributed by atoms with Crippen LogP contribution in [-0.4, -0.2) is 36.3 Å². The van der Waals surface area contributed by atoms with E-state index in [1.807, 2.05) is 30.4 Å². The second-order valence-electron chi connectivity index (χ2n) is 8.16. The molecule has 1 saturated carbocycles. The second kappa shape index (κ2) is 7.30. The first kappa shape index (κ1) is 20.4. The molecule has 2 N–H and O–H groups in total. The van der Waals surface area contributed by atoms with Crippen molar-refractivity contribution in [1.29, 1.82) is 0 Å². The average Bonchev–Trinajstić information content (AvgIpc) is 3.18. The van der Waals surface area contributed by atoms with Gasteiger partial charge >= 0.3 is 0 Å². The Kier molecular flexibility index (Phi) is 4.67. The van der Waals surface area contributed by atoms with E-state index >= 15 is 0 Å². The van der Waals surface area contributed by atoms with Crippen molar-refractivity contribution >= 4 is 28.3 Å². The minimum absolute atomic E-state index is 0.212. The van der Waals surface area contributed by atoms with Crippen LogP contribution in [0.25, 0.3) is 27.7 Å². The number of nitrogens with one attached hydrogen (secondary N) is 1. The molecule has 0 spiro atoms. The third-order valence-corrected chi connectivity index (χ3v) is 5.90. The van der Waals surface area contributed by atoms with Gasteiger partial charge in [0.2, 0.25) is 5.91 Å². The number of rotatable bonds is 5. The summed E-state index contributed by atoms with van der Waals surface area (Å²) in [5, 5.41) is 13.4. The normalized spacial score (nSPS) is 18.1. The van der Waals surface area contributed by atoms with E-state index in [-0.39, 0.29) is 5.82 Å². The Morgan fingerprint density at radius 2 is 2.03 bits per heavy atom. The number of aliphatic hydroxyl groups is 1. The Morgan fingerprint density at radius 3 is 2.72 bits per heavy atom. The number of nitrogens with zero attached hydrogens (tertiary/aromatic N) is 4. The topological polar surface area (TPSA) is 92.4 Å². The molecule has 2 atom stereocenters. The van der Waals surface area contributed by atoms with Crippen LogP contribution < -0.4 is 5.32 Å². The summed E-state index contributed by atoms with van der Waals surface area (Å²) in [5.74, 6) is -4.73. The van der Waals surface area contributed by atoms with Gasteiger partial charge in [-0.05, 0) is 31.0 Å². The summed E-state index contributed by atoms with van der Waals surface area (Å²) in [5.41, 5.74) is 4.72. The maximum absolute atomic E-state index is 13.2. The standard InChI is InChI=1S/C23H21F2N5O2/c1-3-19(31)17-6-12(2)15(11-27-17)14-7-13-10-28-20(29-22(32)16-9-23(16,24)25)8-18(13)30-5-4-26-21(14)30/h4-8,10-11,16,19,31H,3,9H2,1-2H3,(H,28,29,32)/t16?,19-/m0/s1. The minimum Gasteiger partial charge on any atom is -0.387 e. The van der Waals surface area contributed by atoms with Crippen LogP contribution in [0.5, 0.6) is 0 Å². The number of pyridine rings is 3.